The number of carbonyl (C=O) groups is 1. The van der Waals surface area contributed by atoms with E-state index in [0.29, 0.717) is 12.3 Å². The Morgan fingerprint density at radius 3 is 2.70 bits per heavy atom. The molecule has 0 aromatic heterocycles. The third kappa shape index (κ3) is 1.51. The van der Waals surface area contributed by atoms with Crippen molar-refractivity contribution in [2.75, 3.05) is 0 Å². The molecule has 0 amide bonds. The molecule has 1 N–H and O–H groups in total. The predicted molar refractivity (Wildman–Crippen MR) is 37.3 cm³/mol. The summed E-state index contributed by atoms with van der Waals surface area (Å²) in [6.07, 6.45) is 7.49. The van der Waals surface area contributed by atoms with Crippen molar-refractivity contribution < 1.29 is 9.90 Å². The first kappa shape index (κ1) is 7.14. The molecular weight excluding hydrogens is 128 g/mol. The van der Waals surface area contributed by atoms with Gasteiger partial charge in [0.2, 0.25) is 0 Å². The van der Waals surface area contributed by atoms with E-state index in [0.717, 1.165) is 12.8 Å². The Morgan fingerprint density at radius 2 is 2.40 bits per heavy atom. The standard InChI is InChI=1S/C8H10O2/c1-2-3-7(8(9)10)6-4-5-6/h1,6-7H,3-5H2,(H,9,10). The number of hydrogen-bond acceptors (Lipinski definition) is 1. The molecule has 1 atom stereocenters. The van der Waals surface area contributed by atoms with Crippen molar-refractivity contribution in [1.82, 2.24) is 0 Å². The molecule has 0 radical (unpaired) electrons. The molecule has 0 aromatic carbocycles. The van der Waals surface area contributed by atoms with Crippen LogP contribution in [0.15, 0.2) is 0 Å². The smallest absolute Gasteiger partial charge is 0.307 e. The van der Waals surface area contributed by atoms with Gasteiger partial charge in [-0.2, -0.15) is 0 Å². The van der Waals surface area contributed by atoms with Gasteiger partial charge in [0.05, 0.1) is 5.92 Å². The van der Waals surface area contributed by atoms with Crippen LogP contribution in [0.5, 0.6) is 0 Å². The minimum absolute atomic E-state index is 0.273. The number of terminal acetylenes is 1. The van der Waals surface area contributed by atoms with Crippen LogP contribution in [-0.2, 0) is 4.79 Å². The van der Waals surface area contributed by atoms with E-state index in [9.17, 15) is 4.79 Å². The monoisotopic (exact) mass is 138 g/mol. The van der Waals surface area contributed by atoms with Crippen molar-refractivity contribution in [3.63, 3.8) is 0 Å². The van der Waals surface area contributed by atoms with Crippen molar-refractivity contribution in [2.24, 2.45) is 11.8 Å². The SMILES string of the molecule is C#CCC(C(=O)O)C1CC1. The van der Waals surface area contributed by atoms with Gasteiger partial charge in [0, 0.05) is 6.42 Å². The number of carboxylic acid groups (broad SMARTS) is 1. The summed E-state index contributed by atoms with van der Waals surface area (Å²) in [5, 5.41) is 8.62. The number of rotatable bonds is 3. The molecule has 1 unspecified atom stereocenters. The summed E-state index contributed by atoms with van der Waals surface area (Å²) >= 11 is 0. The van der Waals surface area contributed by atoms with E-state index in [2.05, 4.69) is 5.92 Å². The molecule has 1 aliphatic rings. The first-order valence-electron chi connectivity index (χ1n) is 3.42. The highest BCUT2D eigenvalue weighted by Gasteiger charge is 2.35. The van der Waals surface area contributed by atoms with Crippen LogP contribution >= 0.6 is 0 Å². The van der Waals surface area contributed by atoms with Crippen molar-refractivity contribution in [1.29, 1.82) is 0 Å². The third-order valence-electron chi connectivity index (χ3n) is 1.85. The summed E-state index contributed by atoms with van der Waals surface area (Å²) in [7, 11) is 0. The molecule has 0 aromatic rings. The van der Waals surface area contributed by atoms with Crippen LogP contribution in [-0.4, -0.2) is 11.1 Å². The molecule has 0 aliphatic heterocycles. The third-order valence-corrected chi connectivity index (χ3v) is 1.85. The normalized spacial score (nSPS) is 19.5. The fraction of sp³-hybridized carbons (Fsp3) is 0.625. The minimum atomic E-state index is -0.736. The predicted octanol–water partition coefficient (Wildman–Crippen LogP) is 1.12. The number of carboxylic acids is 1. The number of hydrogen-bond donors (Lipinski definition) is 1. The average molecular weight is 138 g/mol. The zero-order chi connectivity index (χ0) is 7.56. The van der Waals surface area contributed by atoms with Gasteiger partial charge in [-0.3, -0.25) is 4.79 Å². The second kappa shape index (κ2) is 2.74. The van der Waals surface area contributed by atoms with Gasteiger partial charge in [0.1, 0.15) is 0 Å². The largest absolute Gasteiger partial charge is 0.481 e. The molecule has 1 saturated carbocycles. The number of aliphatic carboxylic acids is 1. The lowest BCUT2D eigenvalue weighted by atomic mass is 10.0. The van der Waals surface area contributed by atoms with Gasteiger partial charge in [0.15, 0.2) is 0 Å². The molecule has 0 bridgehead atoms. The molecule has 2 nitrogen and oxygen atoms in total. The summed E-state index contributed by atoms with van der Waals surface area (Å²) in [4.78, 5) is 10.5. The van der Waals surface area contributed by atoms with Crippen molar-refractivity contribution >= 4 is 5.97 Å². The van der Waals surface area contributed by atoms with Crippen LogP contribution < -0.4 is 0 Å². The summed E-state index contributed by atoms with van der Waals surface area (Å²) in [5.74, 6) is 1.75. The molecule has 2 heteroatoms. The zero-order valence-corrected chi connectivity index (χ0v) is 5.71. The second-order valence-corrected chi connectivity index (χ2v) is 2.69. The quantitative estimate of drug-likeness (QED) is 0.593. The molecular formula is C8H10O2. The van der Waals surface area contributed by atoms with Gasteiger partial charge < -0.3 is 5.11 Å². The van der Waals surface area contributed by atoms with Crippen molar-refractivity contribution in [3.8, 4) is 12.3 Å². The van der Waals surface area contributed by atoms with Gasteiger partial charge >= 0.3 is 5.97 Å². The molecule has 0 saturated heterocycles. The summed E-state index contributed by atoms with van der Waals surface area (Å²) < 4.78 is 0. The van der Waals surface area contributed by atoms with E-state index in [1.54, 1.807) is 0 Å². The van der Waals surface area contributed by atoms with Gasteiger partial charge in [0.25, 0.3) is 0 Å². The average Bonchev–Trinajstić information content (AvgIpc) is 2.63. The first-order chi connectivity index (χ1) is 4.75. The molecule has 1 fully saturated rings. The fourth-order valence-electron chi connectivity index (χ4n) is 1.08. The Balaban J connectivity index is 2.43. The van der Waals surface area contributed by atoms with Crippen LogP contribution in [0.1, 0.15) is 19.3 Å². The summed E-state index contributed by atoms with van der Waals surface area (Å²) in [6.45, 7) is 0. The Kier molecular flexibility index (Phi) is 1.96. The lowest BCUT2D eigenvalue weighted by Crippen LogP contribution is -2.14. The summed E-state index contributed by atoms with van der Waals surface area (Å²) in [5.41, 5.74) is 0. The maximum Gasteiger partial charge on any atom is 0.307 e. The van der Waals surface area contributed by atoms with E-state index < -0.39 is 5.97 Å². The van der Waals surface area contributed by atoms with Crippen LogP contribution in [0.3, 0.4) is 0 Å². The van der Waals surface area contributed by atoms with Crippen LogP contribution in [0.2, 0.25) is 0 Å². The highest BCUT2D eigenvalue weighted by atomic mass is 16.4. The van der Waals surface area contributed by atoms with Gasteiger partial charge in [-0.15, -0.1) is 12.3 Å². The zero-order valence-electron chi connectivity index (χ0n) is 5.71. The van der Waals surface area contributed by atoms with Gasteiger partial charge in [-0.25, -0.2) is 0 Å². The molecule has 0 spiro atoms. The molecule has 1 aliphatic carbocycles. The van der Waals surface area contributed by atoms with Gasteiger partial charge in [-0.05, 0) is 18.8 Å². The first-order valence-corrected chi connectivity index (χ1v) is 3.42. The molecule has 1 rings (SSSR count). The summed E-state index contributed by atoms with van der Waals surface area (Å²) in [6, 6.07) is 0. The maximum atomic E-state index is 10.5. The van der Waals surface area contributed by atoms with Crippen LogP contribution in [0, 0.1) is 24.2 Å². The Morgan fingerprint density at radius 1 is 1.80 bits per heavy atom. The van der Waals surface area contributed by atoms with Gasteiger partial charge in [-0.1, -0.05) is 0 Å². The molecule has 0 heterocycles. The molecule has 10 heavy (non-hydrogen) atoms. The van der Waals surface area contributed by atoms with Crippen LogP contribution in [0.4, 0.5) is 0 Å². The van der Waals surface area contributed by atoms with Crippen molar-refractivity contribution in [2.45, 2.75) is 19.3 Å². The Hall–Kier alpha value is -0.970. The minimum Gasteiger partial charge on any atom is -0.481 e. The van der Waals surface area contributed by atoms with E-state index in [-0.39, 0.29) is 5.92 Å². The van der Waals surface area contributed by atoms with Crippen LogP contribution in [0.25, 0.3) is 0 Å². The van der Waals surface area contributed by atoms with E-state index in [1.807, 2.05) is 0 Å². The lowest BCUT2D eigenvalue weighted by molar-refractivity contribution is -0.142. The lowest BCUT2D eigenvalue weighted by Gasteiger charge is -2.04. The topological polar surface area (TPSA) is 37.3 Å². The highest BCUT2D eigenvalue weighted by molar-refractivity contribution is 5.71. The van der Waals surface area contributed by atoms with E-state index in [4.69, 9.17) is 11.5 Å². The maximum absolute atomic E-state index is 10.5. The Bertz CT molecular complexity index is 174. The van der Waals surface area contributed by atoms with Crippen molar-refractivity contribution in [3.05, 3.63) is 0 Å². The second-order valence-electron chi connectivity index (χ2n) is 2.69. The Labute approximate surface area is 60.2 Å². The fourth-order valence-corrected chi connectivity index (χ4v) is 1.08. The highest BCUT2D eigenvalue weighted by Crippen LogP contribution is 2.38. The molecule has 54 valence electrons. The van der Waals surface area contributed by atoms with E-state index in [1.165, 1.54) is 0 Å². The van der Waals surface area contributed by atoms with E-state index >= 15 is 0 Å².